The predicted molar refractivity (Wildman–Crippen MR) is 125 cm³/mol. The van der Waals surface area contributed by atoms with Crippen molar-refractivity contribution in [3.8, 4) is 11.3 Å². The van der Waals surface area contributed by atoms with Crippen molar-refractivity contribution in [3.05, 3.63) is 53.4 Å². The number of aryl methyl sites for hydroxylation is 1. The summed E-state index contributed by atoms with van der Waals surface area (Å²) in [5.74, 6) is 0.599. The maximum atomic E-state index is 5.89. The molecule has 1 aliphatic rings. The molecule has 0 N–H and O–H groups in total. The van der Waals surface area contributed by atoms with Gasteiger partial charge in [0.15, 0.2) is 0 Å². The highest BCUT2D eigenvalue weighted by atomic mass is 16.6. The Morgan fingerprint density at radius 3 is 2.41 bits per heavy atom. The molecular formula is C26H38N2O. The number of hydrogen-bond donors (Lipinski definition) is 0. The second-order valence-corrected chi connectivity index (χ2v) is 8.92. The van der Waals surface area contributed by atoms with Gasteiger partial charge in [-0.3, -0.25) is 0 Å². The second kappa shape index (κ2) is 8.30. The van der Waals surface area contributed by atoms with Crippen LogP contribution in [-0.4, -0.2) is 17.9 Å². The number of allylic oxidation sites excluding steroid dienone is 2. The number of aromatic nitrogens is 1. The molecule has 1 fully saturated rings. The van der Waals surface area contributed by atoms with Crippen molar-refractivity contribution in [2.24, 2.45) is 5.92 Å². The Labute approximate surface area is 177 Å². The molecule has 0 amide bonds. The Morgan fingerprint density at radius 1 is 1.14 bits per heavy atom. The summed E-state index contributed by atoms with van der Waals surface area (Å²) in [6.45, 7) is 15.9. The predicted octanol–water partition coefficient (Wildman–Crippen LogP) is 6.74. The van der Waals surface area contributed by atoms with Crippen LogP contribution >= 0.6 is 0 Å². The van der Waals surface area contributed by atoms with Crippen LogP contribution in [0.3, 0.4) is 0 Å². The minimum atomic E-state index is 0.110. The SMILES string of the molecule is C/C=C1\C(C)CC(C)N1c1cc(-c2ccc(C(C)(CC)CC)n2OC)ccc1C. The fraction of sp³-hybridized carbons (Fsp3) is 0.538. The summed E-state index contributed by atoms with van der Waals surface area (Å²) in [6, 6.07) is 11.8. The topological polar surface area (TPSA) is 17.4 Å². The highest BCUT2D eigenvalue weighted by Crippen LogP contribution is 2.41. The molecule has 0 bridgehead atoms. The highest BCUT2D eigenvalue weighted by Gasteiger charge is 2.32. The normalized spacial score (nSPS) is 21.2. The van der Waals surface area contributed by atoms with Gasteiger partial charge in [-0.25, -0.2) is 0 Å². The van der Waals surface area contributed by atoms with Gasteiger partial charge in [-0.15, -0.1) is 0 Å². The van der Waals surface area contributed by atoms with Crippen molar-refractivity contribution in [1.29, 1.82) is 0 Å². The first kappa shape index (κ1) is 21.5. The van der Waals surface area contributed by atoms with E-state index < -0.39 is 0 Å². The Morgan fingerprint density at radius 2 is 1.83 bits per heavy atom. The summed E-state index contributed by atoms with van der Waals surface area (Å²) in [4.78, 5) is 8.42. The van der Waals surface area contributed by atoms with Gasteiger partial charge in [0, 0.05) is 28.4 Å². The summed E-state index contributed by atoms with van der Waals surface area (Å²) in [5.41, 5.74) is 7.75. The third kappa shape index (κ3) is 3.60. The van der Waals surface area contributed by atoms with Crippen molar-refractivity contribution in [2.75, 3.05) is 12.0 Å². The fourth-order valence-electron chi connectivity index (χ4n) is 4.95. The van der Waals surface area contributed by atoms with E-state index in [1.807, 2.05) is 4.73 Å². The van der Waals surface area contributed by atoms with Crippen LogP contribution in [0.15, 0.2) is 42.1 Å². The molecule has 2 aromatic rings. The van der Waals surface area contributed by atoms with Gasteiger partial charge in [-0.05, 0) is 69.7 Å². The van der Waals surface area contributed by atoms with Crippen LogP contribution in [-0.2, 0) is 5.41 Å². The van der Waals surface area contributed by atoms with Crippen LogP contribution in [0.5, 0.6) is 0 Å². The first-order valence-electron chi connectivity index (χ1n) is 11.1. The van der Waals surface area contributed by atoms with Gasteiger partial charge in [0.2, 0.25) is 0 Å². The number of hydrogen-bond acceptors (Lipinski definition) is 2. The number of benzene rings is 1. The van der Waals surface area contributed by atoms with Crippen LogP contribution in [0, 0.1) is 12.8 Å². The van der Waals surface area contributed by atoms with Gasteiger partial charge in [0.25, 0.3) is 0 Å². The quantitative estimate of drug-likeness (QED) is 0.540. The van der Waals surface area contributed by atoms with Crippen molar-refractivity contribution >= 4 is 5.69 Å². The molecule has 1 aromatic carbocycles. The summed E-state index contributed by atoms with van der Waals surface area (Å²) >= 11 is 0. The van der Waals surface area contributed by atoms with Crippen LogP contribution in [0.4, 0.5) is 5.69 Å². The van der Waals surface area contributed by atoms with Gasteiger partial charge in [0.05, 0.1) is 11.4 Å². The lowest BCUT2D eigenvalue weighted by molar-refractivity contribution is 0.150. The molecule has 2 atom stereocenters. The zero-order valence-electron chi connectivity index (χ0n) is 19.5. The van der Waals surface area contributed by atoms with E-state index in [9.17, 15) is 0 Å². The van der Waals surface area contributed by atoms with Gasteiger partial charge in [-0.1, -0.05) is 45.9 Å². The smallest absolute Gasteiger partial charge is 0.104 e. The van der Waals surface area contributed by atoms with Crippen LogP contribution in [0.1, 0.15) is 72.1 Å². The zero-order valence-corrected chi connectivity index (χ0v) is 19.5. The third-order valence-electron chi connectivity index (χ3n) is 7.18. The van der Waals surface area contributed by atoms with E-state index >= 15 is 0 Å². The zero-order chi connectivity index (χ0) is 21.3. The molecule has 2 heterocycles. The van der Waals surface area contributed by atoms with E-state index in [4.69, 9.17) is 4.84 Å². The molecular weight excluding hydrogens is 356 g/mol. The third-order valence-corrected chi connectivity index (χ3v) is 7.18. The second-order valence-electron chi connectivity index (χ2n) is 8.92. The van der Waals surface area contributed by atoms with Crippen molar-refractivity contribution in [3.63, 3.8) is 0 Å². The van der Waals surface area contributed by atoms with Crippen LogP contribution in [0.2, 0.25) is 0 Å². The van der Waals surface area contributed by atoms with Crippen molar-refractivity contribution in [2.45, 2.75) is 79.2 Å². The molecule has 0 spiro atoms. The van der Waals surface area contributed by atoms with Gasteiger partial charge < -0.3 is 9.74 Å². The standard InChI is InChI=1S/C26H38N2O/c1-9-22-19(5)16-20(6)27(22)24-17-21(13-12-18(24)4)23-14-15-25(28(23)29-8)26(7,10-2)11-3/h9,12-15,17,19-20H,10-11,16H2,1-8H3/b22-9+. The Balaban J connectivity index is 2.11. The molecule has 0 radical (unpaired) electrons. The number of rotatable bonds is 6. The summed E-state index contributed by atoms with van der Waals surface area (Å²) in [5, 5.41) is 0. The number of anilines is 1. The Kier molecular flexibility index (Phi) is 6.16. The average Bonchev–Trinajstić information content (AvgIpc) is 3.28. The van der Waals surface area contributed by atoms with Crippen molar-refractivity contribution in [1.82, 2.24) is 4.73 Å². The molecule has 3 nitrogen and oxygen atoms in total. The first-order valence-corrected chi connectivity index (χ1v) is 11.1. The van der Waals surface area contributed by atoms with Gasteiger partial charge in [0.1, 0.15) is 7.11 Å². The minimum Gasteiger partial charge on any atom is -0.417 e. The summed E-state index contributed by atoms with van der Waals surface area (Å²) in [6.07, 6.45) is 5.66. The summed E-state index contributed by atoms with van der Waals surface area (Å²) < 4.78 is 2.04. The molecule has 1 aromatic heterocycles. The molecule has 29 heavy (non-hydrogen) atoms. The molecule has 2 unspecified atom stereocenters. The summed E-state index contributed by atoms with van der Waals surface area (Å²) in [7, 11) is 1.77. The van der Waals surface area contributed by atoms with Crippen LogP contribution in [0.25, 0.3) is 11.3 Å². The molecule has 1 aliphatic heterocycles. The molecule has 3 rings (SSSR count). The molecule has 158 valence electrons. The van der Waals surface area contributed by atoms with Gasteiger partial charge in [-0.2, -0.15) is 4.73 Å². The fourth-order valence-corrected chi connectivity index (χ4v) is 4.95. The molecule has 0 saturated carbocycles. The lowest BCUT2D eigenvalue weighted by Gasteiger charge is -2.29. The van der Waals surface area contributed by atoms with Crippen LogP contribution < -0.4 is 9.74 Å². The van der Waals surface area contributed by atoms with Gasteiger partial charge >= 0.3 is 0 Å². The van der Waals surface area contributed by atoms with Crippen molar-refractivity contribution < 1.29 is 4.84 Å². The van der Waals surface area contributed by atoms with E-state index in [1.165, 1.54) is 34.6 Å². The lowest BCUT2D eigenvalue weighted by Crippen LogP contribution is -2.27. The first-order chi connectivity index (χ1) is 13.8. The lowest BCUT2D eigenvalue weighted by atomic mass is 9.81. The maximum Gasteiger partial charge on any atom is 0.104 e. The largest absolute Gasteiger partial charge is 0.417 e. The number of nitrogens with zero attached hydrogens (tertiary/aromatic N) is 2. The van der Waals surface area contributed by atoms with E-state index in [0.717, 1.165) is 18.5 Å². The highest BCUT2D eigenvalue weighted by molar-refractivity contribution is 5.71. The monoisotopic (exact) mass is 394 g/mol. The van der Waals surface area contributed by atoms with E-state index in [0.29, 0.717) is 12.0 Å². The van der Waals surface area contributed by atoms with E-state index in [1.54, 1.807) is 7.11 Å². The van der Waals surface area contributed by atoms with E-state index in [2.05, 4.69) is 89.8 Å². The molecule has 3 heteroatoms. The maximum absolute atomic E-state index is 5.89. The molecule has 1 saturated heterocycles. The Bertz CT molecular complexity index is 888. The Hall–Kier alpha value is -2.16. The molecule has 0 aliphatic carbocycles. The average molecular weight is 395 g/mol. The van der Waals surface area contributed by atoms with E-state index in [-0.39, 0.29) is 5.41 Å². The minimum absolute atomic E-state index is 0.110.